The van der Waals surface area contributed by atoms with Gasteiger partial charge in [-0.2, -0.15) is 0 Å². The minimum atomic E-state index is 0.511. The van der Waals surface area contributed by atoms with Crippen LogP contribution in [0, 0.1) is 13.8 Å². The van der Waals surface area contributed by atoms with Gasteiger partial charge in [0, 0.05) is 5.69 Å². The Hall–Kier alpha value is -1.90. The third kappa shape index (κ3) is 1.56. The molecule has 0 bridgehead atoms. The molecule has 0 amide bonds. The van der Waals surface area contributed by atoms with E-state index < -0.39 is 0 Å². The average Bonchev–Trinajstić information content (AvgIpc) is 2.55. The van der Waals surface area contributed by atoms with Crippen molar-refractivity contribution in [1.82, 2.24) is 9.55 Å². The molecule has 1 heterocycles. The van der Waals surface area contributed by atoms with E-state index in [1.165, 1.54) is 0 Å². The number of aldehydes is 1. The van der Waals surface area contributed by atoms with Crippen molar-refractivity contribution in [3.63, 3.8) is 0 Å². The van der Waals surface area contributed by atoms with Gasteiger partial charge in [-0.1, -0.05) is 18.2 Å². The number of hydrogen-bond acceptors (Lipinski definition) is 2. The van der Waals surface area contributed by atoms with Crippen molar-refractivity contribution in [3.8, 4) is 5.69 Å². The molecule has 1 aromatic heterocycles. The maximum Gasteiger partial charge on any atom is 0.170 e. The molecule has 0 unspecified atom stereocenters. The molecule has 0 fully saturated rings. The molecule has 3 nitrogen and oxygen atoms in total. The fourth-order valence-electron chi connectivity index (χ4n) is 1.73. The highest BCUT2D eigenvalue weighted by Gasteiger charge is 2.10. The fourth-order valence-corrected chi connectivity index (χ4v) is 1.73. The highest BCUT2D eigenvalue weighted by molar-refractivity contribution is 5.74. The normalized spacial score (nSPS) is 10.3. The van der Waals surface area contributed by atoms with Crippen molar-refractivity contribution in [2.24, 2.45) is 0 Å². The van der Waals surface area contributed by atoms with Crippen LogP contribution >= 0.6 is 0 Å². The average molecular weight is 200 g/mol. The number of aromatic nitrogens is 2. The van der Waals surface area contributed by atoms with Gasteiger partial charge in [0.1, 0.15) is 11.5 Å². The first-order chi connectivity index (χ1) is 7.24. The molecule has 0 aliphatic carbocycles. The second-order valence-corrected chi connectivity index (χ2v) is 3.42. The Morgan fingerprint density at radius 3 is 2.40 bits per heavy atom. The molecule has 1 aromatic carbocycles. The lowest BCUT2D eigenvalue weighted by Crippen LogP contribution is -1.99. The van der Waals surface area contributed by atoms with Crippen molar-refractivity contribution in [3.05, 3.63) is 47.5 Å². The van der Waals surface area contributed by atoms with Gasteiger partial charge in [0.2, 0.25) is 0 Å². The molecular formula is C12H12N2O. The predicted molar refractivity (Wildman–Crippen MR) is 58.4 cm³/mol. The third-order valence-corrected chi connectivity index (χ3v) is 2.44. The number of nitrogens with zero attached hydrogens (tertiary/aromatic N) is 2. The standard InChI is InChI=1S/C12H12N2O/c1-9-12(8-15)13-10(2)14(9)11-6-4-3-5-7-11/h3-8H,1-2H3. The Kier molecular flexibility index (Phi) is 2.37. The molecule has 0 saturated carbocycles. The van der Waals surface area contributed by atoms with Crippen LogP contribution in [0.5, 0.6) is 0 Å². The van der Waals surface area contributed by atoms with Crippen molar-refractivity contribution in [2.75, 3.05) is 0 Å². The third-order valence-electron chi connectivity index (χ3n) is 2.44. The van der Waals surface area contributed by atoms with E-state index in [9.17, 15) is 4.79 Å². The van der Waals surface area contributed by atoms with Gasteiger partial charge in [0.25, 0.3) is 0 Å². The van der Waals surface area contributed by atoms with Gasteiger partial charge < -0.3 is 4.57 Å². The number of hydrogen-bond donors (Lipinski definition) is 0. The Morgan fingerprint density at radius 2 is 1.87 bits per heavy atom. The summed E-state index contributed by atoms with van der Waals surface area (Å²) in [6, 6.07) is 9.89. The number of rotatable bonds is 2. The van der Waals surface area contributed by atoms with Crippen molar-refractivity contribution in [2.45, 2.75) is 13.8 Å². The van der Waals surface area contributed by atoms with Crippen LogP contribution in [0.4, 0.5) is 0 Å². The summed E-state index contributed by atoms with van der Waals surface area (Å²) in [5, 5.41) is 0. The first-order valence-electron chi connectivity index (χ1n) is 4.80. The number of aryl methyl sites for hydroxylation is 1. The monoisotopic (exact) mass is 200 g/mol. The molecule has 2 aromatic rings. The summed E-state index contributed by atoms with van der Waals surface area (Å²) >= 11 is 0. The highest BCUT2D eigenvalue weighted by atomic mass is 16.1. The summed E-state index contributed by atoms with van der Waals surface area (Å²) in [5.41, 5.74) is 2.43. The molecule has 0 radical (unpaired) electrons. The van der Waals surface area contributed by atoms with Gasteiger partial charge in [0.15, 0.2) is 6.29 Å². The van der Waals surface area contributed by atoms with E-state index in [0.29, 0.717) is 5.69 Å². The molecule has 0 saturated heterocycles. The fraction of sp³-hybridized carbons (Fsp3) is 0.167. The Morgan fingerprint density at radius 1 is 1.20 bits per heavy atom. The predicted octanol–water partition coefficient (Wildman–Crippen LogP) is 2.30. The van der Waals surface area contributed by atoms with Gasteiger partial charge in [-0.25, -0.2) is 4.98 Å². The molecule has 0 atom stereocenters. The van der Waals surface area contributed by atoms with E-state index in [-0.39, 0.29) is 0 Å². The van der Waals surface area contributed by atoms with Gasteiger partial charge >= 0.3 is 0 Å². The minimum Gasteiger partial charge on any atom is -0.300 e. The van der Waals surface area contributed by atoms with Crippen LogP contribution < -0.4 is 0 Å². The zero-order valence-electron chi connectivity index (χ0n) is 8.77. The Labute approximate surface area is 88.4 Å². The van der Waals surface area contributed by atoms with Crippen molar-refractivity contribution < 1.29 is 4.79 Å². The van der Waals surface area contributed by atoms with Gasteiger partial charge in [-0.3, -0.25) is 4.79 Å². The smallest absolute Gasteiger partial charge is 0.170 e. The highest BCUT2D eigenvalue weighted by Crippen LogP contribution is 2.16. The SMILES string of the molecule is Cc1nc(C=O)c(C)n1-c1ccccc1. The quantitative estimate of drug-likeness (QED) is 0.697. The summed E-state index contributed by atoms with van der Waals surface area (Å²) in [6.07, 6.45) is 0.793. The molecule has 15 heavy (non-hydrogen) atoms. The molecule has 0 aliphatic heterocycles. The van der Waals surface area contributed by atoms with Crippen LogP contribution in [0.25, 0.3) is 5.69 Å². The first kappa shape index (κ1) is 9.65. The maximum absolute atomic E-state index is 10.7. The van der Waals surface area contributed by atoms with Gasteiger partial charge in [0.05, 0.1) is 5.69 Å². The van der Waals surface area contributed by atoms with E-state index >= 15 is 0 Å². The van der Waals surface area contributed by atoms with Crippen LogP contribution in [0.3, 0.4) is 0 Å². The second kappa shape index (κ2) is 3.69. The molecule has 0 aliphatic rings. The first-order valence-corrected chi connectivity index (χ1v) is 4.80. The van der Waals surface area contributed by atoms with E-state index in [0.717, 1.165) is 23.5 Å². The summed E-state index contributed by atoms with van der Waals surface area (Å²) in [7, 11) is 0. The van der Waals surface area contributed by atoms with E-state index in [2.05, 4.69) is 4.98 Å². The molecule has 0 N–H and O–H groups in total. The summed E-state index contributed by atoms with van der Waals surface area (Å²) < 4.78 is 1.98. The second-order valence-electron chi connectivity index (χ2n) is 3.42. The number of carbonyl (C=O) groups excluding carboxylic acids is 1. The zero-order valence-corrected chi connectivity index (χ0v) is 8.77. The van der Waals surface area contributed by atoms with Crippen LogP contribution in [0.1, 0.15) is 22.0 Å². The number of imidazole rings is 1. The number of carbonyl (C=O) groups is 1. The lowest BCUT2D eigenvalue weighted by Gasteiger charge is -2.06. The van der Waals surface area contributed by atoms with Crippen LogP contribution in [-0.2, 0) is 0 Å². The minimum absolute atomic E-state index is 0.511. The summed E-state index contributed by atoms with van der Waals surface area (Å²) in [6.45, 7) is 3.80. The van der Waals surface area contributed by atoms with E-state index in [4.69, 9.17) is 0 Å². The maximum atomic E-state index is 10.7. The Bertz CT molecular complexity index is 486. The van der Waals surface area contributed by atoms with Crippen molar-refractivity contribution >= 4 is 6.29 Å². The Balaban J connectivity index is 2.63. The number of para-hydroxylation sites is 1. The molecule has 0 spiro atoms. The molecule has 2 rings (SSSR count). The van der Waals surface area contributed by atoms with E-state index in [1.54, 1.807) is 0 Å². The zero-order chi connectivity index (χ0) is 10.8. The van der Waals surface area contributed by atoms with Crippen molar-refractivity contribution in [1.29, 1.82) is 0 Å². The lowest BCUT2D eigenvalue weighted by atomic mass is 10.3. The van der Waals surface area contributed by atoms with Gasteiger partial charge in [-0.05, 0) is 26.0 Å². The summed E-state index contributed by atoms with van der Waals surface area (Å²) in [4.78, 5) is 14.9. The van der Waals surface area contributed by atoms with E-state index in [1.807, 2.05) is 48.7 Å². The summed E-state index contributed by atoms with van der Waals surface area (Å²) in [5.74, 6) is 0.834. The molecule has 76 valence electrons. The topological polar surface area (TPSA) is 34.9 Å². The van der Waals surface area contributed by atoms with Crippen LogP contribution in [-0.4, -0.2) is 15.8 Å². The van der Waals surface area contributed by atoms with Gasteiger partial charge in [-0.15, -0.1) is 0 Å². The van der Waals surface area contributed by atoms with Crippen LogP contribution in [0.2, 0.25) is 0 Å². The largest absolute Gasteiger partial charge is 0.300 e. The lowest BCUT2D eigenvalue weighted by molar-refractivity contribution is 0.111. The molecular weight excluding hydrogens is 188 g/mol. The molecule has 3 heteroatoms. The number of benzene rings is 1. The van der Waals surface area contributed by atoms with Crippen LogP contribution in [0.15, 0.2) is 30.3 Å².